The van der Waals surface area contributed by atoms with Crippen LogP contribution in [0.3, 0.4) is 0 Å². The van der Waals surface area contributed by atoms with E-state index in [0.29, 0.717) is 0 Å². The maximum absolute atomic E-state index is 14.2. The van der Waals surface area contributed by atoms with E-state index in [2.05, 4.69) is 10.0 Å². The number of benzene rings is 1. The van der Waals surface area contributed by atoms with E-state index < -0.39 is 20.7 Å². The van der Waals surface area contributed by atoms with Crippen LogP contribution in [-0.4, -0.2) is 22.0 Å². The van der Waals surface area contributed by atoms with Crippen molar-refractivity contribution in [3.8, 4) is 0 Å². The van der Waals surface area contributed by atoms with E-state index in [4.69, 9.17) is 11.6 Å². The summed E-state index contributed by atoms with van der Waals surface area (Å²) in [5, 5.41) is 2.97. The lowest BCUT2D eigenvalue weighted by molar-refractivity contribution is 0.518. The van der Waals surface area contributed by atoms with Crippen molar-refractivity contribution in [2.45, 2.75) is 31.7 Å². The highest BCUT2D eigenvalue weighted by atomic mass is 35.5. The molecule has 1 unspecified atom stereocenters. The fraction of sp³-hybridized carbons (Fsp3) is 0.538. The molecule has 4 nitrogen and oxygen atoms in total. The minimum Gasteiger partial charge on any atom is -0.316 e. The molecule has 0 aliphatic heterocycles. The van der Waals surface area contributed by atoms with Crippen LogP contribution in [0.25, 0.3) is 0 Å². The zero-order valence-corrected chi connectivity index (χ0v) is 13.4. The molecule has 0 saturated heterocycles. The monoisotopic (exact) mass is 322 g/mol. The van der Waals surface area contributed by atoms with Crippen LogP contribution in [0.5, 0.6) is 0 Å². The van der Waals surface area contributed by atoms with Crippen molar-refractivity contribution in [2.24, 2.45) is 5.92 Å². The van der Waals surface area contributed by atoms with E-state index in [1.165, 1.54) is 6.07 Å². The molecule has 114 valence electrons. The fourth-order valence-corrected chi connectivity index (χ4v) is 3.22. The van der Waals surface area contributed by atoms with Crippen LogP contribution in [-0.2, 0) is 16.6 Å². The van der Waals surface area contributed by atoms with Gasteiger partial charge >= 0.3 is 0 Å². The first-order valence-corrected chi connectivity index (χ1v) is 8.30. The van der Waals surface area contributed by atoms with Crippen molar-refractivity contribution in [2.75, 3.05) is 13.6 Å². The summed E-state index contributed by atoms with van der Waals surface area (Å²) >= 11 is 5.87. The third kappa shape index (κ3) is 4.41. The highest BCUT2D eigenvalue weighted by Gasteiger charge is 2.22. The molecule has 0 spiro atoms. The largest absolute Gasteiger partial charge is 0.316 e. The molecule has 7 heteroatoms. The summed E-state index contributed by atoms with van der Waals surface area (Å²) in [4.78, 5) is -0.404. The summed E-state index contributed by atoms with van der Waals surface area (Å²) in [6.07, 6.45) is 0.839. The lowest BCUT2D eigenvalue weighted by Gasteiger charge is -2.13. The lowest BCUT2D eigenvalue weighted by Crippen LogP contribution is -2.29. The van der Waals surface area contributed by atoms with Crippen molar-refractivity contribution in [3.05, 3.63) is 28.5 Å². The summed E-state index contributed by atoms with van der Waals surface area (Å²) in [5.74, 6) is -0.579. The van der Waals surface area contributed by atoms with Gasteiger partial charge in [-0.1, -0.05) is 31.9 Å². The van der Waals surface area contributed by atoms with E-state index in [1.54, 1.807) is 7.05 Å². The molecule has 20 heavy (non-hydrogen) atoms. The molecule has 0 amide bonds. The number of sulfonamides is 1. The summed E-state index contributed by atoms with van der Waals surface area (Å²) in [6, 6.07) is 2.55. The normalized spacial score (nSPS) is 13.4. The highest BCUT2D eigenvalue weighted by Crippen LogP contribution is 2.23. The molecule has 2 N–H and O–H groups in total. The molecule has 0 saturated carbocycles. The first kappa shape index (κ1) is 17.4. The highest BCUT2D eigenvalue weighted by molar-refractivity contribution is 7.89. The molecule has 1 rings (SSSR count). The van der Waals surface area contributed by atoms with Crippen molar-refractivity contribution in [1.29, 1.82) is 0 Å². The zero-order chi connectivity index (χ0) is 15.3. The summed E-state index contributed by atoms with van der Waals surface area (Å²) in [5.41, 5.74) is 0.226. The van der Waals surface area contributed by atoms with Gasteiger partial charge in [0.25, 0.3) is 0 Å². The second-order valence-corrected chi connectivity index (χ2v) is 6.94. The predicted octanol–water partition coefficient (Wildman–Crippen LogP) is 2.52. The number of nitrogens with one attached hydrogen (secondary N) is 2. The standard InChI is InChI=1S/C13H20ClFN2O2S/c1-4-9(2)7-17-20(18,19)12-6-11(14)5-10(8-16-3)13(12)15/h5-6,9,16-17H,4,7-8H2,1-3H3. The van der Waals surface area contributed by atoms with Crippen LogP contribution < -0.4 is 10.0 Å². The van der Waals surface area contributed by atoms with Crippen LogP contribution in [0.2, 0.25) is 5.02 Å². The number of hydrogen-bond acceptors (Lipinski definition) is 3. The van der Waals surface area contributed by atoms with Gasteiger partial charge in [0.1, 0.15) is 10.7 Å². The molecule has 0 radical (unpaired) electrons. The molecule has 1 atom stereocenters. The van der Waals surface area contributed by atoms with Gasteiger partial charge in [0.05, 0.1) is 0 Å². The maximum Gasteiger partial charge on any atom is 0.243 e. The molecule has 0 aliphatic carbocycles. The quantitative estimate of drug-likeness (QED) is 0.811. The third-order valence-corrected chi connectivity index (χ3v) is 4.70. The molecular weight excluding hydrogens is 303 g/mol. The second kappa shape index (κ2) is 7.36. The van der Waals surface area contributed by atoms with Crippen LogP contribution in [0.4, 0.5) is 4.39 Å². The molecule has 0 bridgehead atoms. The van der Waals surface area contributed by atoms with Crippen molar-refractivity contribution >= 4 is 21.6 Å². The SMILES string of the molecule is CCC(C)CNS(=O)(=O)c1cc(Cl)cc(CNC)c1F. The summed E-state index contributed by atoms with van der Waals surface area (Å²) in [7, 11) is -2.25. The Morgan fingerprint density at radius 1 is 1.40 bits per heavy atom. The smallest absolute Gasteiger partial charge is 0.243 e. The minimum absolute atomic E-state index is 0.184. The Hall–Kier alpha value is -0.690. The van der Waals surface area contributed by atoms with E-state index in [0.717, 1.165) is 12.5 Å². The van der Waals surface area contributed by atoms with E-state index >= 15 is 0 Å². The Balaban J connectivity index is 3.11. The Kier molecular flexibility index (Phi) is 6.39. The average Bonchev–Trinajstić information content (AvgIpc) is 2.40. The van der Waals surface area contributed by atoms with E-state index in [9.17, 15) is 12.8 Å². The van der Waals surface area contributed by atoms with Gasteiger partial charge in [-0.2, -0.15) is 0 Å². The predicted molar refractivity (Wildman–Crippen MR) is 78.8 cm³/mol. The number of hydrogen-bond donors (Lipinski definition) is 2. The van der Waals surface area contributed by atoms with Gasteiger partial charge in [0.2, 0.25) is 10.0 Å². The van der Waals surface area contributed by atoms with Crippen molar-refractivity contribution in [1.82, 2.24) is 10.0 Å². The first-order chi connectivity index (χ1) is 9.31. The topological polar surface area (TPSA) is 58.2 Å². The Morgan fingerprint density at radius 2 is 2.05 bits per heavy atom. The Morgan fingerprint density at radius 3 is 2.60 bits per heavy atom. The average molecular weight is 323 g/mol. The second-order valence-electron chi connectivity index (χ2n) is 4.77. The van der Waals surface area contributed by atoms with Crippen LogP contribution in [0.1, 0.15) is 25.8 Å². The Bertz CT molecular complexity index is 564. The fourth-order valence-electron chi connectivity index (χ4n) is 1.61. The zero-order valence-electron chi connectivity index (χ0n) is 11.8. The maximum atomic E-state index is 14.2. The Labute approximate surface area is 124 Å². The van der Waals surface area contributed by atoms with E-state index in [1.807, 2.05) is 13.8 Å². The van der Waals surface area contributed by atoms with Gasteiger partial charge in [-0.05, 0) is 25.1 Å². The molecule has 1 aromatic carbocycles. The van der Waals surface area contributed by atoms with Crippen LogP contribution >= 0.6 is 11.6 Å². The molecule has 0 heterocycles. The molecule has 0 fully saturated rings. The van der Waals surface area contributed by atoms with Gasteiger partial charge in [-0.3, -0.25) is 0 Å². The lowest BCUT2D eigenvalue weighted by atomic mass is 10.1. The van der Waals surface area contributed by atoms with Gasteiger partial charge in [-0.25, -0.2) is 17.5 Å². The van der Waals surface area contributed by atoms with Crippen molar-refractivity contribution < 1.29 is 12.8 Å². The van der Waals surface area contributed by atoms with E-state index in [-0.39, 0.29) is 29.6 Å². The number of rotatable bonds is 7. The third-order valence-electron chi connectivity index (χ3n) is 3.05. The van der Waals surface area contributed by atoms with Crippen molar-refractivity contribution in [3.63, 3.8) is 0 Å². The minimum atomic E-state index is -3.90. The summed E-state index contributed by atoms with van der Waals surface area (Å²) < 4.78 is 40.9. The first-order valence-electron chi connectivity index (χ1n) is 6.44. The van der Waals surface area contributed by atoms with Gasteiger partial charge in [0.15, 0.2) is 0 Å². The van der Waals surface area contributed by atoms with Gasteiger partial charge in [-0.15, -0.1) is 0 Å². The van der Waals surface area contributed by atoms with Gasteiger partial charge < -0.3 is 5.32 Å². The number of halogens is 2. The van der Waals surface area contributed by atoms with Crippen LogP contribution in [0.15, 0.2) is 17.0 Å². The molecule has 0 aliphatic rings. The molecule has 1 aromatic rings. The van der Waals surface area contributed by atoms with Gasteiger partial charge in [0, 0.05) is 23.7 Å². The summed E-state index contributed by atoms with van der Waals surface area (Å²) in [6.45, 7) is 4.36. The molecule has 0 aromatic heterocycles. The van der Waals surface area contributed by atoms with Crippen LogP contribution in [0, 0.1) is 11.7 Å². The molecular formula is C13H20ClFN2O2S.